The van der Waals surface area contributed by atoms with Crippen LogP contribution in [0.1, 0.15) is 37.6 Å². The Morgan fingerprint density at radius 1 is 1.29 bits per heavy atom. The van der Waals surface area contributed by atoms with Gasteiger partial charge in [-0.1, -0.05) is 0 Å². The monoisotopic (exact) mass is 490 g/mol. The summed E-state index contributed by atoms with van der Waals surface area (Å²) >= 11 is 0. The molecular formula is C22H26N4O7S. The number of fused-ring (bicyclic) bond motifs is 3. The maximum Gasteiger partial charge on any atom is 0.337 e. The summed E-state index contributed by atoms with van der Waals surface area (Å²) < 4.78 is 33.2. The molecular weight excluding hydrogens is 464 g/mol. The highest BCUT2D eigenvalue weighted by atomic mass is 32.2. The highest BCUT2D eigenvalue weighted by Crippen LogP contribution is 2.29. The fourth-order valence-corrected chi connectivity index (χ4v) is 5.63. The lowest BCUT2D eigenvalue weighted by Crippen LogP contribution is -2.39. The summed E-state index contributed by atoms with van der Waals surface area (Å²) in [6, 6.07) is 4.00. The molecule has 1 fully saturated rings. The van der Waals surface area contributed by atoms with E-state index < -0.39 is 33.1 Å². The van der Waals surface area contributed by atoms with Gasteiger partial charge in [-0.15, -0.1) is 0 Å². The molecule has 2 aromatic heterocycles. The number of aromatic nitrogens is 2. The summed E-state index contributed by atoms with van der Waals surface area (Å²) in [4.78, 5) is 41.2. The van der Waals surface area contributed by atoms with Crippen molar-refractivity contribution in [3.63, 3.8) is 0 Å². The number of nitrogens with zero attached hydrogens (tertiary/aromatic N) is 1. The first-order chi connectivity index (χ1) is 15.9. The van der Waals surface area contributed by atoms with Crippen molar-refractivity contribution in [1.82, 2.24) is 19.6 Å². The molecule has 11 nitrogen and oxygen atoms in total. The highest BCUT2D eigenvalue weighted by Gasteiger charge is 2.33. The fourth-order valence-electron chi connectivity index (χ4n) is 4.10. The van der Waals surface area contributed by atoms with Crippen molar-refractivity contribution < 1.29 is 27.9 Å². The second-order valence-electron chi connectivity index (χ2n) is 9.24. The Kier molecular flexibility index (Phi) is 6.00. The van der Waals surface area contributed by atoms with Gasteiger partial charge in [-0.2, -0.15) is 4.31 Å². The van der Waals surface area contributed by atoms with Gasteiger partial charge in [-0.25, -0.2) is 13.2 Å². The van der Waals surface area contributed by atoms with E-state index in [0.717, 1.165) is 0 Å². The van der Waals surface area contributed by atoms with Gasteiger partial charge in [0.2, 0.25) is 10.0 Å². The maximum atomic E-state index is 13.3. The van der Waals surface area contributed by atoms with Crippen molar-refractivity contribution in [3.8, 4) is 0 Å². The minimum absolute atomic E-state index is 0.0151. The number of pyridine rings is 1. The Morgan fingerprint density at radius 3 is 2.71 bits per heavy atom. The number of carbonyl (C=O) groups is 2. The molecule has 0 saturated carbocycles. The summed E-state index contributed by atoms with van der Waals surface area (Å²) in [6.07, 6.45) is 1.73. The molecule has 1 aromatic carbocycles. The zero-order valence-electron chi connectivity index (χ0n) is 19.0. The molecule has 4 rings (SSSR count). The van der Waals surface area contributed by atoms with Gasteiger partial charge in [0.1, 0.15) is 11.1 Å². The molecule has 3 aromatic rings. The molecule has 3 heterocycles. The van der Waals surface area contributed by atoms with Crippen LogP contribution in [-0.4, -0.2) is 71.0 Å². The van der Waals surface area contributed by atoms with Crippen LogP contribution in [0, 0.1) is 0 Å². The second-order valence-corrected chi connectivity index (χ2v) is 11.2. The quantitative estimate of drug-likeness (QED) is 0.377. The summed E-state index contributed by atoms with van der Waals surface area (Å²) in [5.74, 6) is -1.65. The molecule has 0 amide bonds. The lowest BCUT2D eigenvalue weighted by molar-refractivity contribution is -0.153. The number of hydrogen-bond acceptors (Lipinski definition) is 7. The van der Waals surface area contributed by atoms with Crippen LogP contribution < -0.4 is 10.9 Å². The molecule has 1 aliphatic heterocycles. The third kappa shape index (κ3) is 4.56. The zero-order chi connectivity index (χ0) is 24.8. The minimum atomic E-state index is -3.90. The Morgan fingerprint density at radius 2 is 2.03 bits per heavy atom. The molecule has 1 unspecified atom stereocenters. The summed E-state index contributed by atoms with van der Waals surface area (Å²) in [5.41, 5.74) is -0.823. The van der Waals surface area contributed by atoms with Gasteiger partial charge in [-0.3, -0.25) is 9.59 Å². The third-order valence-corrected chi connectivity index (χ3v) is 7.45. The number of esters is 1. The first-order valence-corrected chi connectivity index (χ1v) is 12.2. The highest BCUT2D eigenvalue weighted by molar-refractivity contribution is 7.89. The van der Waals surface area contributed by atoms with E-state index in [0.29, 0.717) is 17.3 Å². The Hall–Kier alpha value is -3.22. The van der Waals surface area contributed by atoms with Crippen molar-refractivity contribution in [1.29, 1.82) is 0 Å². The number of H-pyrrole nitrogens is 2. The Labute approximate surface area is 195 Å². The fraction of sp³-hybridized carbons (Fsp3) is 0.409. The van der Waals surface area contributed by atoms with Crippen molar-refractivity contribution in [2.45, 2.75) is 43.7 Å². The van der Waals surface area contributed by atoms with E-state index in [1.807, 2.05) is 0 Å². The van der Waals surface area contributed by atoms with Gasteiger partial charge < -0.3 is 25.1 Å². The average Bonchev–Trinajstić information content (AvgIpc) is 3.39. The lowest BCUT2D eigenvalue weighted by atomic mass is 10.1. The number of carboxylic acids is 1. The van der Waals surface area contributed by atoms with Gasteiger partial charge in [-0.05, 0) is 45.4 Å². The number of aromatic carboxylic acids is 1. The SMILES string of the molecule is CC(C)(C)OC(=O)CNC1CCN(S(=O)(=O)c2ccc3[nH]c(=O)c4[nH]cc(C(=O)O)c4c3c2)C1. The number of nitrogens with one attached hydrogen (secondary N) is 3. The standard InChI is InChI=1S/C22H26N4O7S/c1-22(2,3)33-17(27)10-23-12-6-7-26(11-12)34(31,32)13-4-5-16-14(8-13)18-15(21(29)30)9-24-19(18)20(28)25-16/h4-5,8-9,12,23-24H,6-7,10-11H2,1-3H3,(H,25,28)(H,29,30). The maximum absolute atomic E-state index is 13.3. The number of ether oxygens (including phenoxy) is 1. The van der Waals surface area contributed by atoms with Gasteiger partial charge in [0.25, 0.3) is 5.56 Å². The molecule has 0 spiro atoms. The Bertz CT molecular complexity index is 1450. The summed E-state index contributed by atoms with van der Waals surface area (Å²) in [6.45, 7) is 5.73. The van der Waals surface area contributed by atoms with Crippen molar-refractivity contribution in [3.05, 3.63) is 40.3 Å². The van der Waals surface area contributed by atoms with Gasteiger partial charge in [0.05, 0.1) is 17.0 Å². The van der Waals surface area contributed by atoms with Crippen LogP contribution >= 0.6 is 0 Å². The number of benzene rings is 1. The van der Waals surface area contributed by atoms with Gasteiger partial charge in [0.15, 0.2) is 0 Å². The number of hydrogen-bond donors (Lipinski definition) is 4. The molecule has 1 saturated heterocycles. The van der Waals surface area contributed by atoms with E-state index in [4.69, 9.17) is 4.74 Å². The smallest absolute Gasteiger partial charge is 0.337 e. The topological polar surface area (TPSA) is 162 Å². The van der Waals surface area contributed by atoms with Crippen LogP contribution in [0.3, 0.4) is 0 Å². The van der Waals surface area contributed by atoms with Crippen molar-refractivity contribution in [2.24, 2.45) is 0 Å². The van der Waals surface area contributed by atoms with Crippen LogP contribution in [0.25, 0.3) is 21.8 Å². The molecule has 34 heavy (non-hydrogen) atoms. The largest absolute Gasteiger partial charge is 0.478 e. The molecule has 1 atom stereocenters. The van der Waals surface area contributed by atoms with Gasteiger partial charge >= 0.3 is 11.9 Å². The van der Waals surface area contributed by atoms with E-state index in [9.17, 15) is 27.9 Å². The predicted molar refractivity (Wildman–Crippen MR) is 124 cm³/mol. The number of carbonyl (C=O) groups excluding carboxylic acids is 1. The molecule has 0 bridgehead atoms. The van der Waals surface area contributed by atoms with Crippen molar-refractivity contribution >= 4 is 43.8 Å². The normalized spacial score (nSPS) is 17.4. The van der Waals surface area contributed by atoms with Crippen LogP contribution in [0.15, 0.2) is 34.1 Å². The molecule has 12 heteroatoms. The number of rotatable bonds is 6. The van der Waals surface area contributed by atoms with Crippen LogP contribution in [0.5, 0.6) is 0 Å². The van der Waals surface area contributed by atoms with Crippen molar-refractivity contribution in [2.75, 3.05) is 19.6 Å². The number of aromatic amines is 2. The molecule has 1 aliphatic rings. The Balaban J connectivity index is 1.59. The predicted octanol–water partition coefficient (Wildman–Crippen LogP) is 1.40. The summed E-state index contributed by atoms with van der Waals surface area (Å²) in [7, 11) is -3.90. The van der Waals surface area contributed by atoms with E-state index >= 15 is 0 Å². The van der Waals surface area contributed by atoms with Crippen LogP contribution in [0.4, 0.5) is 0 Å². The van der Waals surface area contributed by atoms with Crippen LogP contribution in [-0.2, 0) is 19.6 Å². The summed E-state index contributed by atoms with van der Waals surface area (Å²) in [5, 5.41) is 13.0. The molecule has 4 N–H and O–H groups in total. The second kappa shape index (κ2) is 8.53. The van der Waals surface area contributed by atoms with E-state index in [1.54, 1.807) is 20.8 Å². The average molecular weight is 491 g/mol. The van der Waals surface area contributed by atoms with E-state index in [1.165, 1.54) is 28.7 Å². The lowest BCUT2D eigenvalue weighted by Gasteiger charge is -2.21. The van der Waals surface area contributed by atoms with Crippen LogP contribution in [0.2, 0.25) is 0 Å². The first kappa shape index (κ1) is 23.9. The number of carboxylic acid groups (broad SMARTS) is 1. The minimum Gasteiger partial charge on any atom is -0.478 e. The molecule has 0 radical (unpaired) electrons. The van der Waals surface area contributed by atoms with E-state index in [-0.39, 0.29) is 47.0 Å². The third-order valence-electron chi connectivity index (χ3n) is 5.59. The van der Waals surface area contributed by atoms with E-state index in [2.05, 4.69) is 15.3 Å². The molecule has 182 valence electrons. The number of sulfonamides is 1. The first-order valence-electron chi connectivity index (χ1n) is 10.7. The van der Waals surface area contributed by atoms with Gasteiger partial charge in [0, 0.05) is 41.6 Å². The molecule has 0 aliphatic carbocycles. The zero-order valence-corrected chi connectivity index (χ0v) is 19.8.